The number of carbonyl (C=O) groups excluding carboxylic acids is 2. The number of aliphatic hydroxyl groups excluding tert-OH is 3. The molecule has 2 aromatic carbocycles. The van der Waals surface area contributed by atoms with Gasteiger partial charge in [0.05, 0.1) is 18.9 Å². The number of amides is 1. The van der Waals surface area contributed by atoms with Gasteiger partial charge in [-0.05, 0) is 35.7 Å². The Morgan fingerprint density at radius 1 is 1.00 bits per heavy atom. The van der Waals surface area contributed by atoms with Gasteiger partial charge >= 0.3 is 5.97 Å². The molecular weight excluding hydrogens is 446 g/mol. The fourth-order valence-electron chi connectivity index (χ4n) is 4.03. The number of rotatable bonds is 8. The highest BCUT2D eigenvalue weighted by Crippen LogP contribution is 2.34. The van der Waals surface area contributed by atoms with Gasteiger partial charge < -0.3 is 40.0 Å². The number of ether oxygens (including phenoxy) is 3. The maximum Gasteiger partial charge on any atom is 0.307 e. The van der Waals surface area contributed by atoms with E-state index in [1.165, 1.54) is 0 Å². The summed E-state index contributed by atoms with van der Waals surface area (Å²) in [5.41, 5.74) is 2.24. The largest absolute Gasteiger partial charge is 0.508 e. The molecule has 0 aromatic heterocycles. The summed E-state index contributed by atoms with van der Waals surface area (Å²) < 4.78 is 16.3. The molecule has 34 heavy (non-hydrogen) atoms. The first-order valence-corrected chi connectivity index (χ1v) is 11.0. The average molecular weight is 473 g/mol. The SMILES string of the molecule is O=C(CC1C(=O)Nc2ccccc21)OC[C@H]1O[C@@H](OCCc2ccc(O)cc2)[C@H](O)[C@@H](O)[C@@H]1O. The number of hydrogen-bond donors (Lipinski definition) is 5. The molecule has 182 valence electrons. The van der Waals surface area contributed by atoms with Gasteiger partial charge in [0.1, 0.15) is 36.8 Å². The van der Waals surface area contributed by atoms with Crippen molar-refractivity contribution in [2.45, 2.75) is 49.5 Å². The number of phenols is 1. The van der Waals surface area contributed by atoms with Gasteiger partial charge in [-0.15, -0.1) is 0 Å². The van der Waals surface area contributed by atoms with Crippen LogP contribution in [0.3, 0.4) is 0 Å². The lowest BCUT2D eigenvalue weighted by molar-refractivity contribution is -0.301. The first kappa shape index (κ1) is 24.1. The lowest BCUT2D eigenvalue weighted by atomic mass is 9.97. The molecule has 1 saturated heterocycles. The number of anilines is 1. The Morgan fingerprint density at radius 3 is 2.50 bits per heavy atom. The molecule has 5 N–H and O–H groups in total. The molecule has 1 fully saturated rings. The lowest BCUT2D eigenvalue weighted by Gasteiger charge is -2.40. The third kappa shape index (κ3) is 5.37. The van der Waals surface area contributed by atoms with E-state index in [0.717, 1.165) is 5.56 Å². The van der Waals surface area contributed by atoms with Gasteiger partial charge in [-0.3, -0.25) is 9.59 Å². The first-order chi connectivity index (χ1) is 16.3. The van der Waals surface area contributed by atoms with Crippen molar-refractivity contribution in [1.29, 1.82) is 0 Å². The van der Waals surface area contributed by atoms with Crippen LogP contribution in [0.15, 0.2) is 48.5 Å². The van der Waals surface area contributed by atoms with Crippen molar-refractivity contribution in [3.05, 3.63) is 59.7 Å². The molecule has 2 aromatic rings. The summed E-state index contributed by atoms with van der Waals surface area (Å²) in [6.45, 7) is -0.254. The molecule has 0 spiro atoms. The summed E-state index contributed by atoms with van der Waals surface area (Å²) in [6, 6.07) is 13.6. The van der Waals surface area contributed by atoms with Crippen molar-refractivity contribution >= 4 is 17.6 Å². The van der Waals surface area contributed by atoms with Crippen LogP contribution in [-0.2, 0) is 30.2 Å². The van der Waals surface area contributed by atoms with Crippen LogP contribution < -0.4 is 5.32 Å². The number of para-hydroxylation sites is 1. The van der Waals surface area contributed by atoms with E-state index in [1.54, 1.807) is 48.5 Å². The van der Waals surface area contributed by atoms with E-state index in [4.69, 9.17) is 14.2 Å². The number of phenolic OH excluding ortho intramolecular Hbond substituents is 1. The van der Waals surface area contributed by atoms with Gasteiger partial charge in [0.25, 0.3) is 0 Å². The second-order valence-corrected chi connectivity index (χ2v) is 8.32. The number of aromatic hydroxyl groups is 1. The topological polar surface area (TPSA) is 155 Å². The maximum atomic E-state index is 12.4. The van der Waals surface area contributed by atoms with Gasteiger partial charge in [-0.25, -0.2) is 0 Å². The maximum absolute atomic E-state index is 12.4. The van der Waals surface area contributed by atoms with Crippen LogP contribution in [0, 0.1) is 0 Å². The van der Waals surface area contributed by atoms with E-state index in [2.05, 4.69) is 5.32 Å². The predicted octanol–water partition coefficient (Wildman–Crippen LogP) is 0.428. The predicted molar refractivity (Wildman–Crippen MR) is 118 cm³/mol. The molecule has 0 radical (unpaired) electrons. The molecule has 4 rings (SSSR count). The summed E-state index contributed by atoms with van der Waals surface area (Å²) in [6.07, 6.45) is -6.68. The summed E-state index contributed by atoms with van der Waals surface area (Å²) >= 11 is 0. The Morgan fingerprint density at radius 2 is 1.74 bits per heavy atom. The summed E-state index contributed by atoms with van der Waals surface area (Å²) in [5.74, 6) is -1.50. The number of carbonyl (C=O) groups is 2. The molecular formula is C24H27NO9. The third-order valence-electron chi connectivity index (χ3n) is 5.97. The average Bonchev–Trinajstić information content (AvgIpc) is 3.14. The van der Waals surface area contributed by atoms with Crippen LogP contribution in [0.25, 0.3) is 0 Å². The molecule has 2 heterocycles. The molecule has 10 heteroatoms. The quantitative estimate of drug-likeness (QED) is 0.343. The van der Waals surface area contributed by atoms with E-state index >= 15 is 0 Å². The van der Waals surface area contributed by atoms with Crippen LogP contribution in [0.2, 0.25) is 0 Å². The van der Waals surface area contributed by atoms with E-state index in [0.29, 0.717) is 17.7 Å². The van der Waals surface area contributed by atoms with Crippen LogP contribution in [-0.4, -0.2) is 76.2 Å². The van der Waals surface area contributed by atoms with E-state index in [1.807, 2.05) is 0 Å². The second kappa shape index (κ2) is 10.5. The highest BCUT2D eigenvalue weighted by Gasteiger charge is 2.45. The fourth-order valence-corrected chi connectivity index (χ4v) is 4.03. The van der Waals surface area contributed by atoms with Crippen LogP contribution in [0.1, 0.15) is 23.5 Å². The van der Waals surface area contributed by atoms with Gasteiger partial charge in [-0.2, -0.15) is 0 Å². The summed E-state index contributed by atoms with van der Waals surface area (Å²) in [7, 11) is 0. The van der Waals surface area contributed by atoms with Gasteiger partial charge in [-0.1, -0.05) is 30.3 Å². The Hall–Kier alpha value is -3.02. The number of nitrogens with one attached hydrogen (secondary N) is 1. The number of hydrogen-bond acceptors (Lipinski definition) is 9. The number of aliphatic hydroxyl groups is 3. The molecule has 2 aliphatic heterocycles. The Labute approximate surface area is 195 Å². The second-order valence-electron chi connectivity index (χ2n) is 8.32. The van der Waals surface area contributed by atoms with Crippen molar-refractivity contribution < 1.29 is 44.2 Å². The molecule has 0 aliphatic carbocycles. The van der Waals surface area contributed by atoms with Crippen molar-refractivity contribution in [1.82, 2.24) is 0 Å². The lowest BCUT2D eigenvalue weighted by Crippen LogP contribution is -2.59. The van der Waals surface area contributed by atoms with Gasteiger partial charge in [0.15, 0.2) is 6.29 Å². The number of esters is 1. The first-order valence-electron chi connectivity index (χ1n) is 11.0. The summed E-state index contributed by atoms with van der Waals surface area (Å²) in [4.78, 5) is 24.6. The highest BCUT2D eigenvalue weighted by atomic mass is 16.7. The molecule has 0 saturated carbocycles. The minimum Gasteiger partial charge on any atom is -0.508 e. The fraction of sp³-hybridized carbons (Fsp3) is 0.417. The standard InChI is InChI=1S/C24H27NO9/c26-14-7-5-13(6-8-14)9-10-32-24-22(30)21(29)20(28)18(34-24)12-33-19(27)11-16-15-3-1-2-4-17(15)25-23(16)31/h1-8,16,18,20-22,24,26,28-30H,9-12H2,(H,25,31)/t16?,18-,20-,21+,22-,24-/m1/s1. The molecule has 2 aliphatic rings. The van der Waals surface area contributed by atoms with Crippen molar-refractivity contribution in [3.63, 3.8) is 0 Å². The normalized spacial score (nSPS) is 28.3. The third-order valence-corrected chi connectivity index (χ3v) is 5.97. The minimum absolute atomic E-state index is 0.137. The zero-order valence-corrected chi connectivity index (χ0v) is 18.2. The van der Waals surface area contributed by atoms with Crippen molar-refractivity contribution in [3.8, 4) is 5.75 Å². The van der Waals surface area contributed by atoms with E-state index < -0.39 is 49.2 Å². The molecule has 1 unspecified atom stereocenters. The molecule has 10 nitrogen and oxygen atoms in total. The Bertz CT molecular complexity index is 1010. The number of fused-ring (bicyclic) bond motifs is 1. The molecule has 1 amide bonds. The minimum atomic E-state index is -1.57. The Kier molecular flexibility index (Phi) is 7.44. The van der Waals surface area contributed by atoms with Crippen molar-refractivity contribution in [2.24, 2.45) is 0 Å². The van der Waals surface area contributed by atoms with Crippen LogP contribution >= 0.6 is 0 Å². The monoisotopic (exact) mass is 473 g/mol. The number of benzene rings is 2. The van der Waals surface area contributed by atoms with E-state index in [9.17, 15) is 30.0 Å². The zero-order chi connectivity index (χ0) is 24.2. The Balaban J connectivity index is 1.29. The van der Waals surface area contributed by atoms with Crippen LogP contribution in [0.4, 0.5) is 5.69 Å². The highest BCUT2D eigenvalue weighted by molar-refractivity contribution is 6.04. The molecule has 6 atom stereocenters. The smallest absolute Gasteiger partial charge is 0.307 e. The molecule has 0 bridgehead atoms. The van der Waals surface area contributed by atoms with Gasteiger partial charge in [0, 0.05) is 5.69 Å². The van der Waals surface area contributed by atoms with Crippen molar-refractivity contribution in [2.75, 3.05) is 18.5 Å². The summed E-state index contributed by atoms with van der Waals surface area (Å²) in [5, 5.41) is 42.7. The van der Waals surface area contributed by atoms with Crippen LogP contribution in [0.5, 0.6) is 5.75 Å². The zero-order valence-electron chi connectivity index (χ0n) is 18.2. The van der Waals surface area contributed by atoms with Gasteiger partial charge in [0.2, 0.25) is 5.91 Å². The van der Waals surface area contributed by atoms with E-state index in [-0.39, 0.29) is 24.7 Å².